The minimum atomic E-state index is -0.294. The molecule has 5 nitrogen and oxygen atoms in total. The molecule has 0 radical (unpaired) electrons. The Morgan fingerprint density at radius 3 is 2.52 bits per heavy atom. The summed E-state index contributed by atoms with van der Waals surface area (Å²) >= 11 is 3.46. The van der Waals surface area contributed by atoms with Gasteiger partial charge < -0.3 is 14.2 Å². The van der Waals surface area contributed by atoms with Gasteiger partial charge in [-0.1, -0.05) is 15.9 Å². The smallest absolute Gasteiger partial charge is 0.270 e. The third-order valence-corrected chi connectivity index (χ3v) is 5.81. The van der Waals surface area contributed by atoms with Crippen LogP contribution in [0, 0.1) is 17.1 Å². The molecule has 29 heavy (non-hydrogen) atoms. The van der Waals surface area contributed by atoms with Crippen molar-refractivity contribution in [1.29, 1.82) is 5.26 Å². The fraction of sp³-hybridized carbons (Fsp3) is 0.273. The average Bonchev–Trinajstić information content (AvgIpc) is 2.73. The number of nitrogens with zero attached hydrogens (tertiary/aromatic N) is 3. The summed E-state index contributed by atoms with van der Waals surface area (Å²) in [5.74, 6) is 0.354. The van der Waals surface area contributed by atoms with E-state index in [2.05, 4.69) is 26.9 Å². The number of fused-ring (bicyclic) bond motifs is 1. The minimum Gasteiger partial charge on any atom is -0.490 e. The zero-order valence-electron chi connectivity index (χ0n) is 15.9. The van der Waals surface area contributed by atoms with Crippen LogP contribution in [0.2, 0.25) is 0 Å². The second kappa shape index (κ2) is 7.88. The van der Waals surface area contributed by atoms with Gasteiger partial charge in [-0.3, -0.25) is 4.79 Å². The van der Waals surface area contributed by atoms with Crippen molar-refractivity contribution in [3.63, 3.8) is 0 Å². The molecule has 0 unspecified atom stereocenters. The van der Waals surface area contributed by atoms with Crippen LogP contribution in [0.15, 0.2) is 51.7 Å². The van der Waals surface area contributed by atoms with Gasteiger partial charge in [-0.25, -0.2) is 4.39 Å². The third kappa shape index (κ3) is 3.73. The summed E-state index contributed by atoms with van der Waals surface area (Å²) in [7, 11) is 1.69. The number of hydrogen-bond donors (Lipinski definition) is 0. The molecule has 0 N–H and O–H groups in total. The minimum absolute atomic E-state index is 0.00852. The lowest BCUT2D eigenvalue weighted by Crippen LogP contribution is -2.40. The molecule has 0 spiro atoms. The van der Waals surface area contributed by atoms with Crippen molar-refractivity contribution in [2.24, 2.45) is 7.05 Å². The molecule has 0 amide bonds. The fourth-order valence-corrected chi connectivity index (χ4v) is 4.18. The van der Waals surface area contributed by atoms with Gasteiger partial charge in [-0.15, -0.1) is 0 Å². The summed E-state index contributed by atoms with van der Waals surface area (Å²) in [6.07, 6.45) is 1.50. The normalized spacial score (nSPS) is 14.8. The van der Waals surface area contributed by atoms with Gasteiger partial charge in [0.2, 0.25) is 0 Å². The number of aryl methyl sites for hydroxylation is 1. The number of halogens is 2. The highest BCUT2D eigenvalue weighted by Gasteiger charge is 2.26. The van der Waals surface area contributed by atoms with Crippen LogP contribution in [0.1, 0.15) is 18.4 Å². The van der Waals surface area contributed by atoms with E-state index in [0.717, 1.165) is 28.2 Å². The van der Waals surface area contributed by atoms with Gasteiger partial charge in [-0.05, 0) is 42.5 Å². The van der Waals surface area contributed by atoms with E-state index in [1.807, 2.05) is 18.2 Å². The molecule has 3 aromatic rings. The standard InChI is InChI=1S/C22H19BrFN3O2/c1-26-20-12-14(23)2-7-18(20)21(19(13-25)22(26)28)27-10-8-17(9-11-27)29-16-5-3-15(24)4-6-16/h2-7,12,17H,8-11H2,1H3. The zero-order valence-corrected chi connectivity index (χ0v) is 17.4. The van der Waals surface area contributed by atoms with E-state index in [0.29, 0.717) is 24.5 Å². The first kappa shape index (κ1) is 19.5. The third-order valence-electron chi connectivity index (χ3n) is 5.32. The highest BCUT2D eigenvalue weighted by atomic mass is 79.9. The van der Waals surface area contributed by atoms with Gasteiger partial charge >= 0.3 is 0 Å². The highest BCUT2D eigenvalue weighted by Crippen LogP contribution is 2.32. The summed E-state index contributed by atoms with van der Waals surface area (Å²) in [6, 6.07) is 13.9. The number of benzene rings is 2. The Morgan fingerprint density at radius 1 is 1.17 bits per heavy atom. The topological polar surface area (TPSA) is 58.3 Å². The average molecular weight is 456 g/mol. The molecule has 1 aromatic heterocycles. The quantitative estimate of drug-likeness (QED) is 0.588. The molecule has 7 heteroatoms. The monoisotopic (exact) mass is 455 g/mol. The Hall–Kier alpha value is -2.85. The van der Waals surface area contributed by atoms with Crippen LogP contribution in [0.5, 0.6) is 5.75 Å². The first-order chi connectivity index (χ1) is 14.0. The summed E-state index contributed by atoms with van der Waals surface area (Å²) in [5.41, 5.74) is 1.35. The maximum absolute atomic E-state index is 13.1. The number of nitriles is 1. The number of anilines is 1. The van der Waals surface area contributed by atoms with E-state index < -0.39 is 0 Å². The van der Waals surface area contributed by atoms with E-state index in [9.17, 15) is 14.4 Å². The van der Waals surface area contributed by atoms with Gasteiger partial charge in [0.1, 0.15) is 29.3 Å². The number of pyridine rings is 1. The van der Waals surface area contributed by atoms with Crippen LogP contribution < -0.4 is 15.2 Å². The van der Waals surface area contributed by atoms with Crippen LogP contribution in [0.3, 0.4) is 0 Å². The van der Waals surface area contributed by atoms with Crippen LogP contribution in [-0.2, 0) is 7.05 Å². The van der Waals surface area contributed by atoms with E-state index in [1.54, 1.807) is 19.2 Å². The van der Waals surface area contributed by atoms with E-state index in [1.165, 1.54) is 16.7 Å². The molecule has 0 bridgehead atoms. The van der Waals surface area contributed by atoms with Gasteiger partial charge in [-0.2, -0.15) is 5.26 Å². The van der Waals surface area contributed by atoms with E-state index >= 15 is 0 Å². The fourth-order valence-electron chi connectivity index (χ4n) is 3.83. The van der Waals surface area contributed by atoms with Gasteiger partial charge in [0.15, 0.2) is 0 Å². The Bertz CT molecular complexity index is 1160. The first-order valence-electron chi connectivity index (χ1n) is 9.37. The lowest BCUT2D eigenvalue weighted by molar-refractivity contribution is 0.171. The second-order valence-corrected chi connectivity index (χ2v) is 8.03. The molecule has 4 rings (SSSR count). The maximum atomic E-state index is 13.1. The van der Waals surface area contributed by atoms with Gasteiger partial charge in [0.25, 0.3) is 5.56 Å². The molecule has 148 valence electrons. The molecular weight excluding hydrogens is 437 g/mol. The predicted molar refractivity (Wildman–Crippen MR) is 114 cm³/mol. The van der Waals surface area contributed by atoms with Crippen molar-refractivity contribution in [2.75, 3.05) is 18.0 Å². The molecule has 0 aliphatic carbocycles. The van der Waals surface area contributed by atoms with Crippen LogP contribution in [-0.4, -0.2) is 23.8 Å². The van der Waals surface area contributed by atoms with Crippen molar-refractivity contribution in [3.05, 3.63) is 68.7 Å². The Morgan fingerprint density at radius 2 is 1.86 bits per heavy atom. The maximum Gasteiger partial charge on any atom is 0.270 e. The van der Waals surface area contributed by atoms with Crippen LogP contribution >= 0.6 is 15.9 Å². The first-order valence-corrected chi connectivity index (χ1v) is 10.2. The van der Waals surface area contributed by atoms with Crippen molar-refractivity contribution in [2.45, 2.75) is 18.9 Å². The van der Waals surface area contributed by atoms with Crippen molar-refractivity contribution in [1.82, 2.24) is 4.57 Å². The lowest BCUT2D eigenvalue weighted by atomic mass is 10.0. The molecule has 0 atom stereocenters. The molecule has 1 fully saturated rings. The van der Waals surface area contributed by atoms with Crippen molar-refractivity contribution in [3.8, 4) is 11.8 Å². The lowest BCUT2D eigenvalue weighted by Gasteiger charge is -2.35. The molecule has 1 aliphatic heterocycles. The molecule has 1 saturated heterocycles. The van der Waals surface area contributed by atoms with E-state index in [-0.39, 0.29) is 23.0 Å². The van der Waals surface area contributed by atoms with Crippen LogP contribution in [0.4, 0.5) is 10.1 Å². The predicted octanol–water partition coefficient (Wildman–Crippen LogP) is 4.36. The molecule has 1 aliphatic rings. The summed E-state index contributed by atoms with van der Waals surface area (Å²) < 4.78 is 21.4. The molecule has 2 aromatic carbocycles. The van der Waals surface area contributed by atoms with Crippen LogP contribution in [0.25, 0.3) is 10.9 Å². The number of aromatic nitrogens is 1. The zero-order chi connectivity index (χ0) is 20.5. The second-order valence-electron chi connectivity index (χ2n) is 7.12. The number of rotatable bonds is 3. The SMILES string of the molecule is Cn1c(=O)c(C#N)c(N2CCC(Oc3ccc(F)cc3)CC2)c2ccc(Br)cc21. The number of ether oxygens (including phenoxy) is 1. The number of hydrogen-bond acceptors (Lipinski definition) is 4. The highest BCUT2D eigenvalue weighted by molar-refractivity contribution is 9.10. The van der Waals surface area contributed by atoms with Crippen molar-refractivity contribution >= 4 is 32.5 Å². The summed E-state index contributed by atoms with van der Waals surface area (Å²) in [6.45, 7) is 1.33. The molecule has 2 heterocycles. The molecule has 0 saturated carbocycles. The largest absolute Gasteiger partial charge is 0.490 e. The molecular formula is C22H19BrFN3O2. The Kier molecular flexibility index (Phi) is 5.29. The summed E-state index contributed by atoms with van der Waals surface area (Å²) in [5, 5.41) is 10.6. The van der Waals surface area contributed by atoms with Gasteiger partial charge in [0.05, 0.1) is 11.2 Å². The Balaban J connectivity index is 1.63. The van der Waals surface area contributed by atoms with Gasteiger partial charge in [0, 0.05) is 42.8 Å². The number of piperidine rings is 1. The van der Waals surface area contributed by atoms with Crippen molar-refractivity contribution < 1.29 is 9.13 Å². The van der Waals surface area contributed by atoms with E-state index in [4.69, 9.17) is 4.74 Å². The summed E-state index contributed by atoms with van der Waals surface area (Å²) in [4.78, 5) is 14.9. The Labute approximate surface area is 176 Å².